The highest BCUT2D eigenvalue weighted by Crippen LogP contribution is 2.21. The van der Waals surface area contributed by atoms with Gasteiger partial charge in [0.25, 0.3) is 5.56 Å². The summed E-state index contributed by atoms with van der Waals surface area (Å²) >= 11 is 1.88. The van der Waals surface area contributed by atoms with E-state index in [2.05, 4.69) is 28.9 Å². The first kappa shape index (κ1) is 32.5. The second-order valence-corrected chi connectivity index (χ2v) is 9.86. The van der Waals surface area contributed by atoms with Crippen molar-refractivity contribution >= 4 is 23.3 Å². The highest BCUT2D eigenvalue weighted by atomic mass is 32.1. The highest BCUT2D eigenvalue weighted by molar-refractivity contribution is 7.11. The first-order chi connectivity index (χ1) is 18.6. The van der Waals surface area contributed by atoms with Gasteiger partial charge in [-0.05, 0) is 42.7 Å². The summed E-state index contributed by atoms with van der Waals surface area (Å²) in [7, 11) is 0. The number of carbonyl (C=O) groups is 2. The molecule has 0 saturated carbocycles. The van der Waals surface area contributed by atoms with Crippen molar-refractivity contribution in [2.24, 2.45) is 0 Å². The van der Waals surface area contributed by atoms with Crippen molar-refractivity contribution in [2.75, 3.05) is 13.1 Å². The molecular weight excluding hydrogens is 568 g/mol. The summed E-state index contributed by atoms with van der Waals surface area (Å²) in [5, 5.41) is 14.2. The first-order valence-electron chi connectivity index (χ1n) is 11.6. The summed E-state index contributed by atoms with van der Waals surface area (Å²) in [5.41, 5.74) is 3.64. The number of pyridine rings is 2. The Balaban J connectivity index is 0.000000333. The number of thiophene rings is 1. The van der Waals surface area contributed by atoms with Crippen LogP contribution in [-0.2, 0) is 35.5 Å². The number of carboxylic acid groups (broad SMARTS) is 2. The van der Waals surface area contributed by atoms with Gasteiger partial charge in [-0.2, -0.15) is 26.3 Å². The van der Waals surface area contributed by atoms with E-state index in [0.29, 0.717) is 6.54 Å². The molecule has 15 heteroatoms. The molecule has 0 atom stereocenters. The molecular formula is C25H25F6N3O5S. The molecule has 4 heterocycles. The van der Waals surface area contributed by atoms with Crippen LogP contribution in [0.15, 0.2) is 53.6 Å². The van der Waals surface area contributed by atoms with E-state index in [-0.39, 0.29) is 5.56 Å². The Labute approximate surface area is 228 Å². The third-order valence-electron chi connectivity index (χ3n) is 5.48. The van der Waals surface area contributed by atoms with Crippen LogP contribution in [0.3, 0.4) is 0 Å². The smallest absolute Gasteiger partial charge is 0.475 e. The summed E-state index contributed by atoms with van der Waals surface area (Å²) in [5.74, 6) is -5.51. The van der Waals surface area contributed by atoms with Crippen molar-refractivity contribution in [1.29, 1.82) is 0 Å². The van der Waals surface area contributed by atoms with Gasteiger partial charge < -0.3 is 14.8 Å². The Bertz CT molecular complexity index is 1320. The molecule has 1 aliphatic heterocycles. The average molecular weight is 594 g/mol. The molecule has 3 aromatic rings. The fourth-order valence-corrected chi connectivity index (χ4v) is 4.57. The van der Waals surface area contributed by atoms with Gasteiger partial charge in [0.1, 0.15) is 0 Å². The summed E-state index contributed by atoms with van der Waals surface area (Å²) < 4.78 is 65.4. The van der Waals surface area contributed by atoms with Crippen LogP contribution in [0.1, 0.15) is 26.6 Å². The largest absolute Gasteiger partial charge is 0.490 e. The van der Waals surface area contributed by atoms with Crippen molar-refractivity contribution in [2.45, 2.75) is 45.2 Å². The fraction of sp³-hybridized carbons (Fsp3) is 0.360. The second-order valence-electron chi connectivity index (χ2n) is 8.49. The summed E-state index contributed by atoms with van der Waals surface area (Å²) in [4.78, 5) is 39.8. The maximum atomic E-state index is 12.5. The van der Waals surface area contributed by atoms with Gasteiger partial charge in [-0.1, -0.05) is 12.1 Å². The third-order valence-corrected chi connectivity index (χ3v) is 6.46. The quantitative estimate of drug-likeness (QED) is 0.428. The maximum absolute atomic E-state index is 12.5. The number of hydrogen-bond donors (Lipinski definition) is 2. The molecule has 0 unspecified atom stereocenters. The molecule has 0 amide bonds. The lowest BCUT2D eigenvalue weighted by Crippen LogP contribution is -2.27. The summed E-state index contributed by atoms with van der Waals surface area (Å²) in [6, 6.07) is 12.1. The summed E-state index contributed by atoms with van der Waals surface area (Å²) in [6.45, 7) is 5.78. The van der Waals surface area contributed by atoms with Crippen molar-refractivity contribution < 1.29 is 46.1 Å². The Kier molecular flexibility index (Phi) is 11.4. The van der Waals surface area contributed by atoms with Crippen molar-refractivity contribution in [3.63, 3.8) is 0 Å². The number of carboxylic acids is 2. The van der Waals surface area contributed by atoms with Crippen molar-refractivity contribution in [3.8, 4) is 0 Å². The van der Waals surface area contributed by atoms with Crippen LogP contribution >= 0.6 is 11.3 Å². The molecule has 0 radical (unpaired) electrons. The molecule has 40 heavy (non-hydrogen) atoms. The molecule has 2 N–H and O–H groups in total. The zero-order valence-corrected chi connectivity index (χ0v) is 21.8. The lowest BCUT2D eigenvalue weighted by molar-refractivity contribution is -0.193. The third kappa shape index (κ3) is 10.4. The molecule has 218 valence electrons. The van der Waals surface area contributed by atoms with Crippen LogP contribution < -0.4 is 5.56 Å². The zero-order valence-electron chi connectivity index (χ0n) is 21.0. The Hall–Kier alpha value is -3.72. The van der Waals surface area contributed by atoms with E-state index in [9.17, 15) is 31.1 Å². The predicted octanol–water partition coefficient (Wildman–Crippen LogP) is 4.53. The van der Waals surface area contributed by atoms with Crippen LogP contribution in [-0.4, -0.2) is 62.0 Å². The molecule has 0 aromatic carbocycles. The number of aromatic nitrogens is 2. The van der Waals surface area contributed by atoms with Crippen LogP contribution in [0.5, 0.6) is 0 Å². The van der Waals surface area contributed by atoms with E-state index in [0.717, 1.165) is 38.0 Å². The number of alkyl halides is 6. The molecule has 0 aliphatic carbocycles. The Morgan fingerprint density at radius 3 is 2.02 bits per heavy atom. The molecule has 8 nitrogen and oxygen atoms in total. The first-order valence-corrected chi connectivity index (χ1v) is 12.4. The van der Waals surface area contributed by atoms with Gasteiger partial charge in [0.05, 0.1) is 6.54 Å². The molecule has 0 bridgehead atoms. The Morgan fingerprint density at radius 1 is 0.925 bits per heavy atom. The van der Waals surface area contributed by atoms with E-state index in [1.54, 1.807) is 12.3 Å². The minimum Gasteiger partial charge on any atom is -0.475 e. The average Bonchev–Trinajstić information content (AvgIpc) is 3.16. The van der Waals surface area contributed by atoms with Gasteiger partial charge in [-0.15, -0.1) is 11.3 Å². The van der Waals surface area contributed by atoms with Crippen molar-refractivity contribution in [1.82, 2.24) is 14.5 Å². The summed E-state index contributed by atoms with van der Waals surface area (Å²) in [6.07, 6.45) is -4.65. The molecule has 0 spiro atoms. The van der Waals surface area contributed by atoms with Crippen LogP contribution in [0.25, 0.3) is 0 Å². The molecule has 4 rings (SSSR count). The predicted molar refractivity (Wildman–Crippen MR) is 133 cm³/mol. The SMILES string of the molecule is Cc1ccc(CN2CCc3ccc(=O)n(Cc4cccnc4)c3CC2)s1.O=C(O)C(F)(F)F.O=C(O)C(F)(F)F. The number of aryl methyl sites for hydroxylation is 1. The number of aliphatic carboxylic acids is 2. The topological polar surface area (TPSA) is 113 Å². The second kappa shape index (κ2) is 14.1. The van der Waals surface area contributed by atoms with E-state index < -0.39 is 24.3 Å². The fourth-order valence-electron chi connectivity index (χ4n) is 3.64. The van der Waals surface area contributed by atoms with E-state index in [1.165, 1.54) is 21.0 Å². The molecule has 3 aromatic heterocycles. The number of fused-ring (bicyclic) bond motifs is 1. The number of hydrogen-bond acceptors (Lipinski definition) is 6. The number of rotatable bonds is 4. The van der Waals surface area contributed by atoms with Crippen LogP contribution in [0, 0.1) is 6.92 Å². The minimum atomic E-state index is -5.08. The van der Waals surface area contributed by atoms with Gasteiger partial charge >= 0.3 is 24.3 Å². The number of halogens is 6. The highest BCUT2D eigenvalue weighted by Gasteiger charge is 2.38. The zero-order chi connectivity index (χ0) is 30.1. The van der Waals surface area contributed by atoms with Crippen LogP contribution in [0.2, 0.25) is 0 Å². The molecule has 0 saturated heterocycles. The Morgan fingerprint density at radius 2 is 1.52 bits per heavy atom. The molecule has 1 aliphatic rings. The van der Waals surface area contributed by atoms with Gasteiger partial charge in [0, 0.05) is 60.0 Å². The van der Waals surface area contributed by atoms with Gasteiger partial charge in [0.2, 0.25) is 0 Å². The van der Waals surface area contributed by atoms with Gasteiger partial charge in [-0.3, -0.25) is 14.7 Å². The minimum absolute atomic E-state index is 0.0786. The monoisotopic (exact) mass is 593 g/mol. The van der Waals surface area contributed by atoms with E-state index >= 15 is 0 Å². The molecule has 0 fully saturated rings. The van der Waals surface area contributed by atoms with Gasteiger partial charge in [0.15, 0.2) is 0 Å². The standard InChI is InChI=1S/C21H23N3OS.2C2HF3O2/c1-16-4-6-19(26-16)15-23-11-8-18-5-7-21(25)24(20(18)9-12-23)14-17-3-2-10-22-13-17;2*3-2(4,5)1(6)7/h2-7,10,13H,8-9,11-12,14-15H2,1H3;2*(H,6,7). The van der Waals surface area contributed by atoms with E-state index in [1.807, 2.05) is 40.3 Å². The maximum Gasteiger partial charge on any atom is 0.490 e. The lowest BCUT2D eigenvalue weighted by atomic mass is 10.1. The lowest BCUT2D eigenvalue weighted by Gasteiger charge is -2.18. The number of nitrogens with zero attached hydrogens (tertiary/aromatic N) is 3. The normalized spacial score (nSPS) is 13.6. The van der Waals surface area contributed by atoms with Gasteiger partial charge in [-0.25, -0.2) is 9.59 Å². The van der Waals surface area contributed by atoms with Crippen molar-refractivity contribution in [3.05, 3.63) is 85.7 Å². The van der Waals surface area contributed by atoms with E-state index in [4.69, 9.17) is 19.8 Å². The van der Waals surface area contributed by atoms with Crippen LogP contribution in [0.4, 0.5) is 26.3 Å².